The van der Waals surface area contributed by atoms with E-state index in [0.29, 0.717) is 0 Å². The zero-order valence-corrected chi connectivity index (χ0v) is 10.2. The van der Waals surface area contributed by atoms with Crippen LogP contribution in [0.15, 0.2) is 34.8 Å². The van der Waals surface area contributed by atoms with Crippen molar-refractivity contribution >= 4 is 35.7 Å². The van der Waals surface area contributed by atoms with Crippen LogP contribution in [0.25, 0.3) is 0 Å². The molecule has 0 spiro atoms. The molecule has 0 aliphatic carbocycles. The fourth-order valence-electron chi connectivity index (χ4n) is 0.415. The molecule has 0 aliphatic rings. The van der Waals surface area contributed by atoms with E-state index in [9.17, 15) is 8.42 Å². The monoisotopic (exact) mass is 284 g/mol. The molecule has 0 atom stereocenters. The average molecular weight is 286 g/mol. The first kappa shape index (κ1) is 12.9. The SMILES string of the molecule is Brc1ccccc1.CCS(=O)(=O)Cl. The Morgan fingerprint density at radius 1 is 1.31 bits per heavy atom. The third kappa shape index (κ3) is 9.86. The highest BCUT2D eigenvalue weighted by molar-refractivity contribution is 9.10. The van der Waals surface area contributed by atoms with Crippen molar-refractivity contribution in [2.24, 2.45) is 0 Å². The molecule has 0 saturated carbocycles. The van der Waals surface area contributed by atoms with E-state index in [1.807, 2.05) is 30.3 Å². The molecule has 0 aliphatic heterocycles. The van der Waals surface area contributed by atoms with E-state index in [0.717, 1.165) is 4.47 Å². The van der Waals surface area contributed by atoms with Crippen LogP contribution in [0.2, 0.25) is 0 Å². The second-order valence-electron chi connectivity index (χ2n) is 2.12. The number of hydrogen-bond donors (Lipinski definition) is 0. The molecule has 5 heteroatoms. The fourth-order valence-corrected chi connectivity index (χ4v) is 0.720. The second kappa shape index (κ2) is 6.40. The van der Waals surface area contributed by atoms with Crippen molar-refractivity contribution < 1.29 is 8.42 Å². The molecule has 2 nitrogen and oxygen atoms in total. The number of halogens is 2. The quantitative estimate of drug-likeness (QED) is 0.743. The Hall–Kier alpha value is -0.0600. The highest BCUT2D eigenvalue weighted by atomic mass is 79.9. The van der Waals surface area contributed by atoms with Gasteiger partial charge in [-0.25, -0.2) is 8.42 Å². The Morgan fingerprint density at radius 3 is 1.85 bits per heavy atom. The van der Waals surface area contributed by atoms with Crippen molar-refractivity contribution in [3.05, 3.63) is 34.8 Å². The first-order valence-electron chi connectivity index (χ1n) is 3.58. The fraction of sp³-hybridized carbons (Fsp3) is 0.250. The third-order valence-corrected chi connectivity index (χ3v) is 2.95. The van der Waals surface area contributed by atoms with E-state index in [-0.39, 0.29) is 5.75 Å². The zero-order valence-electron chi connectivity index (χ0n) is 7.07. The van der Waals surface area contributed by atoms with Gasteiger partial charge < -0.3 is 0 Å². The van der Waals surface area contributed by atoms with Crippen LogP contribution in [0.3, 0.4) is 0 Å². The van der Waals surface area contributed by atoms with Gasteiger partial charge in [-0.2, -0.15) is 0 Å². The maximum Gasteiger partial charge on any atom is 0.232 e. The molecule has 1 aromatic rings. The summed E-state index contributed by atoms with van der Waals surface area (Å²) in [6.45, 7) is 1.49. The Bertz CT molecular complexity index is 323. The van der Waals surface area contributed by atoms with Crippen molar-refractivity contribution in [1.82, 2.24) is 0 Å². The lowest BCUT2D eigenvalue weighted by Gasteiger charge is -1.80. The lowest BCUT2D eigenvalue weighted by Crippen LogP contribution is -1.88. The molecular weight excluding hydrogens is 276 g/mol. The largest absolute Gasteiger partial charge is 0.232 e. The van der Waals surface area contributed by atoms with Gasteiger partial charge in [0.1, 0.15) is 0 Å². The standard InChI is InChI=1S/C6H5Br.C2H5ClO2S/c7-6-4-2-1-3-5-6;1-2-6(3,4)5/h1-5H;2H2,1H3. The maximum absolute atomic E-state index is 9.77. The summed E-state index contributed by atoms with van der Waals surface area (Å²) in [6.07, 6.45) is 0. The molecule has 13 heavy (non-hydrogen) atoms. The van der Waals surface area contributed by atoms with Crippen LogP contribution in [0, 0.1) is 0 Å². The molecule has 0 amide bonds. The van der Waals surface area contributed by atoms with Crippen molar-refractivity contribution in [1.29, 1.82) is 0 Å². The first-order valence-corrected chi connectivity index (χ1v) is 6.85. The topological polar surface area (TPSA) is 34.1 Å². The Morgan fingerprint density at radius 2 is 1.69 bits per heavy atom. The van der Waals surface area contributed by atoms with Crippen molar-refractivity contribution in [2.75, 3.05) is 5.75 Å². The molecule has 0 aromatic heterocycles. The lowest BCUT2D eigenvalue weighted by atomic mass is 10.4. The first-order chi connectivity index (χ1) is 5.95. The maximum atomic E-state index is 9.77. The van der Waals surface area contributed by atoms with Gasteiger partial charge in [-0.05, 0) is 12.1 Å². The Balaban J connectivity index is 0.000000226. The van der Waals surface area contributed by atoms with Crippen LogP contribution in [-0.4, -0.2) is 14.2 Å². The molecule has 0 fully saturated rings. The van der Waals surface area contributed by atoms with Gasteiger partial charge in [0.15, 0.2) is 0 Å². The van der Waals surface area contributed by atoms with Gasteiger partial charge in [0, 0.05) is 15.2 Å². The molecule has 0 N–H and O–H groups in total. The van der Waals surface area contributed by atoms with Crippen molar-refractivity contribution in [3.63, 3.8) is 0 Å². The predicted octanol–water partition coefficient (Wildman–Crippen LogP) is 3.02. The highest BCUT2D eigenvalue weighted by Crippen LogP contribution is 2.05. The Labute approximate surface area is 91.5 Å². The van der Waals surface area contributed by atoms with Gasteiger partial charge in [0.25, 0.3) is 0 Å². The van der Waals surface area contributed by atoms with E-state index >= 15 is 0 Å². The smallest absolute Gasteiger partial charge is 0.212 e. The number of hydrogen-bond acceptors (Lipinski definition) is 2. The van der Waals surface area contributed by atoms with Gasteiger partial charge in [0.05, 0.1) is 5.75 Å². The van der Waals surface area contributed by atoms with E-state index in [1.165, 1.54) is 6.92 Å². The van der Waals surface area contributed by atoms with Gasteiger partial charge in [-0.3, -0.25) is 0 Å². The van der Waals surface area contributed by atoms with Crippen LogP contribution in [0.5, 0.6) is 0 Å². The van der Waals surface area contributed by atoms with Crippen LogP contribution < -0.4 is 0 Å². The summed E-state index contributed by atoms with van der Waals surface area (Å²) in [5.41, 5.74) is 0. The summed E-state index contributed by atoms with van der Waals surface area (Å²) >= 11 is 3.31. The highest BCUT2D eigenvalue weighted by Gasteiger charge is 1.94. The summed E-state index contributed by atoms with van der Waals surface area (Å²) in [7, 11) is 1.50. The molecule has 1 rings (SSSR count). The van der Waals surface area contributed by atoms with Crippen LogP contribution in [0.4, 0.5) is 0 Å². The summed E-state index contributed by atoms with van der Waals surface area (Å²) in [5, 5.41) is 0. The normalized spacial score (nSPS) is 10.1. The van der Waals surface area contributed by atoms with Gasteiger partial charge in [0.2, 0.25) is 9.05 Å². The molecule has 0 heterocycles. The second-order valence-corrected chi connectivity index (χ2v) is 6.10. The minimum Gasteiger partial charge on any atom is -0.212 e. The summed E-state index contributed by atoms with van der Waals surface area (Å²) < 4.78 is 20.7. The van der Waals surface area contributed by atoms with Crippen LogP contribution in [-0.2, 0) is 9.05 Å². The van der Waals surface area contributed by atoms with Crippen LogP contribution >= 0.6 is 26.6 Å². The summed E-state index contributed by atoms with van der Waals surface area (Å²) in [5.74, 6) is 0.00849. The number of benzene rings is 1. The average Bonchev–Trinajstić information content (AvgIpc) is 2.06. The van der Waals surface area contributed by atoms with Gasteiger partial charge >= 0.3 is 0 Å². The van der Waals surface area contributed by atoms with Gasteiger partial charge in [-0.1, -0.05) is 41.1 Å². The molecule has 74 valence electrons. The van der Waals surface area contributed by atoms with E-state index in [4.69, 9.17) is 0 Å². The van der Waals surface area contributed by atoms with E-state index in [1.54, 1.807) is 0 Å². The molecule has 0 saturated heterocycles. The molecule has 0 unspecified atom stereocenters. The lowest BCUT2D eigenvalue weighted by molar-refractivity contribution is 0.610. The van der Waals surface area contributed by atoms with E-state index in [2.05, 4.69) is 26.6 Å². The minimum atomic E-state index is -3.19. The minimum absolute atomic E-state index is 0.00849. The molecule has 0 radical (unpaired) electrons. The zero-order chi connectivity index (χ0) is 10.3. The third-order valence-electron chi connectivity index (χ3n) is 1.08. The van der Waals surface area contributed by atoms with Crippen molar-refractivity contribution in [3.8, 4) is 0 Å². The molecule has 1 aromatic carbocycles. The predicted molar refractivity (Wildman–Crippen MR) is 59.5 cm³/mol. The van der Waals surface area contributed by atoms with Crippen LogP contribution in [0.1, 0.15) is 6.92 Å². The van der Waals surface area contributed by atoms with E-state index < -0.39 is 9.05 Å². The summed E-state index contributed by atoms with van der Waals surface area (Å²) in [6, 6.07) is 9.97. The Kier molecular flexibility index (Phi) is 6.37. The summed E-state index contributed by atoms with van der Waals surface area (Å²) in [4.78, 5) is 0. The van der Waals surface area contributed by atoms with Gasteiger partial charge in [-0.15, -0.1) is 0 Å². The number of rotatable bonds is 1. The molecular formula is C8H10BrClO2S. The molecule has 0 bridgehead atoms. The van der Waals surface area contributed by atoms with Crippen molar-refractivity contribution in [2.45, 2.75) is 6.92 Å².